The summed E-state index contributed by atoms with van der Waals surface area (Å²) in [5, 5.41) is 9.28. The number of aliphatic carboxylic acids is 1. The Hall–Kier alpha value is -1.95. The quantitative estimate of drug-likeness (QED) is 0.827. The van der Waals surface area contributed by atoms with Crippen LogP contribution in [0.1, 0.15) is 5.56 Å². The third-order valence-electron chi connectivity index (χ3n) is 3.42. The SMILES string of the molecule is COc1cc2c(c(OC)c1)N(C)CC(N)(C(=O)O)C2. The molecular formula is C13H18N2O4. The number of nitrogens with two attached hydrogens (primary N) is 1. The van der Waals surface area contributed by atoms with Gasteiger partial charge in [-0.3, -0.25) is 4.79 Å². The molecule has 0 spiro atoms. The minimum Gasteiger partial charge on any atom is -0.497 e. The average molecular weight is 266 g/mol. The summed E-state index contributed by atoms with van der Waals surface area (Å²) in [4.78, 5) is 13.1. The summed E-state index contributed by atoms with van der Waals surface area (Å²) in [6, 6.07) is 3.58. The Kier molecular flexibility index (Phi) is 3.28. The monoisotopic (exact) mass is 266 g/mol. The summed E-state index contributed by atoms with van der Waals surface area (Å²) < 4.78 is 10.5. The standard InChI is InChI=1S/C13H18N2O4/c1-15-7-13(14,12(16)17)6-8-4-9(18-2)5-10(19-3)11(8)15/h4-5H,6-7,14H2,1-3H3,(H,16,17). The molecule has 0 fully saturated rings. The maximum Gasteiger partial charge on any atom is 0.325 e. The first kappa shape index (κ1) is 13.5. The predicted octanol–water partition coefficient (Wildman–Crippen LogP) is 0.478. The van der Waals surface area contributed by atoms with Crippen LogP contribution in [0.15, 0.2) is 12.1 Å². The van der Waals surface area contributed by atoms with E-state index < -0.39 is 11.5 Å². The number of fused-ring (bicyclic) bond motifs is 1. The molecule has 1 atom stereocenters. The van der Waals surface area contributed by atoms with Crippen LogP contribution in [0.25, 0.3) is 0 Å². The Morgan fingerprint density at radius 3 is 2.63 bits per heavy atom. The summed E-state index contributed by atoms with van der Waals surface area (Å²) in [7, 11) is 4.93. The van der Waals surface area contributed by atoms with E-state index in [0.717, 1.165) is 11.3 Å². The van der Waals surface area contributed by atoms with Crippen LogP contribution in [0.4, 0.5) is 5.69 Å². The van der Waals surface area contributed by atoms with Gasteiger partial charge in [-0.05, 0) is 11.6 Å². The smallest absolute Gasteiger partial charge is 0.325 e. The maximum absolute atomic E-state index is 11.3. The third-order valence-corrected chi connectivity index (χ3v) is 3.42. The first-order valence-corrected chi connectivity index (χ1v) is 5.89. The minimum atomic E-state index is -1.29. The Bertz CT molecular complexity index is 518. The van der Waals surface area contributed by atoms with Crippen LogP contribution in [0.2, 0.25) is 0 Å². The Morgan fingerprint density at radius 2 is 2.11 bits per heavy atom. The number of nitrogens with zero attached hydrogens (tertiary/aromatic N) is 1. The van der Waals surface area contributed by atoms with Crippen molar-refractivity contribution in [3.63, 3.8) is 0 Å². The lowest BCUT2D eigenvalue weighted by Crippen LogP contribution is -2.59. The van der Waals surface area contributed by atoms with Gasteiger partial charge in [-0.2, -0.15) is 0 Å². The van der Waals surface area contributed by atoms with E-state index in [1.807, 2.05) is 4.90 Å². The van der Waals surface area contributed by atoms with Gasteiger partial charge in [0.1, 0.15) is 17.0 Å². The summed E-state index contributed by atoms with van der Waals surface area (Å²) in [5.74, 6) is 0.273. The maximum atomic E-state index is 11.3. The number of hydrogen-bond acceptors (Lipinski definition) is 5. The molecule has 2 rings (SSSR count). The molecule has 0 bridgehead atoms. The number of likely N-dealkylation sites (N-methyl/N-ethyl adjacent to an activating group) is 1. The van der Waals surface area contributed by atoms with Gasteiger partial charge in [0.15, 0.2) is 0 Å². The van der Waals surface area contributed by atoms with Gasteiger partial charge in [0.05, 0.1) is 19.9 Å². The molecule has 0 amide bonds. The molecule has 6 nitrogen and oxygen atoms in total. The molecule has 1 aromatic carbocycles. The summed E-state index contributed by atoms with van der Waals surface area (Å²) in [6.45, 7) is 0.234. The molecular weight excluding hydrogens is 248 g/mol. The number of ether oxygens (including phenoxy) is 2. The van der Waals surface area contributed by atoms with Crippen LogP contribution in [-0.4, -0.2) is 44.4 Å². The first-order valence-electron chi connectivity index (χ1n) is 5.89. The van der Waals surface area contributed by atoms with Crippen molar-refractivity contribution in [2.75, 3.05) is 32.7 Å². The number of carbonyl (C=O) groups is 1. The fourth-order valence-corrected chi connectivity index (χ4v) is 2.52. The van der Waals surface area contributed by atoms with E-state index >= 15 is 0 Å². The lowest BCUT2D eigenvalue weighted by atomic mass is 9.86. The van der Waals surface area contributed by atoms with Crippen LogP contribution in [0.5, 0.6) is 11.5 Å². The van der Waals surface area contributed by atoms with Crippen molar-refractivity contribution >= 4 is 11.7 Å². The largest absolute Gasteiger partial charge is 0.497 e. The van der Waals surface area contributed by atoms with Crippen molar-refractivity contribution in [1.82, 2.24) is 0 Å². The van der Waals surface area contributed by atoms with Crippen LogP contribution in [0.3, 0.4) is 0 Å². The summed E-state index contributed by atoms with van der Waals surface area (Å²) >= 11 is 0. The molecule has 0 saturated carbocycles. The lowest BCUT2D eigenvalue weighted by Gasteiger charge is -2.38. The number of rotatable bonds is 3. The molecule has 6 heteroatoms. The Labute approximate surface area is 111 Å². The van der Waals surface area contributed by atoms with Crippen molar-refractivity contribution in [2.24, 2.45) is 5.73 Å². The third kappa shape index (κ3) is 2.19. The van der Waals surface area contributed by atoms with Crippen molar-refractivity contribution in [3.05, 3.63) is 17.7 Å². The number of carboxylic acid groups (broad SMARTS) is 1. The fraction of sp³-hybridized carbons (Fsp3) is 0.462. The Balaban J connectivity index is 2.55. The number of benzene rings is 1. The van der Waals surface area contributed by atoms with Crippen LogP contribution in [-0.2, 0) is 11.2 Å². The number of methoxy groups -OCH3 is 2. The normalized spacial score (nSPS) is 21.8. The second kappa shape index (κ2) is 4.62. The molecule has 1 heterocycles. The zero-order valence-electron chi connectivity index (χ0n) is 11.3. The molecule has 0 saturated heterocycles. The van der Waals surface area contributed by atoms with E-state index in [1.54, 1.807) is 33.4 Å². The molecule has 1 aliphatic heterocycles. The van der Waals surface area contributed by atoms with Crippen molar-refractivity contribution in [1.29, 1.82) is 0 Å². The highest BCUT2D eigenvalue weighted by Crippen LogP contribution is 2.40. The molecule has 104 valence electrons. The topological polar surface area (TPSA) is 85.0 Å². The number of anilines is 1. The van der Waals surface area contributed by atoms with Crippen LogP contribution >= 0.6 is 0 Å². The second-order valence-corrected chi connectivity index (χ2v) is 4.83. The Morgan fingerprint density at radius 1 is 1.42 bits per heavy atom. The van der Waals surface area contributed by atoms with E-state index in [-0.39, 0.29) is 13.0 Å². The molecule has 0 aliphatic carbocycles. The minimum absolute atomic E-state index is 0.234. The van der Waals surface area contributed by atoms with Crippen molar-refractivity contribution in [2.45, 2.75) is 12.0 Å². The van der Waals surface area contributed by atoms with E-state index in [9.17, 15) is 9.90 Å². The fourth-order valence-electron chi connectivity index (χ4n) is 2.52. The van der Waals surface area contributed by atoms with Gasteiger partial charge in [-0.25, -0.2) is 0 Å². The van der Waals surface area contributed by atoms with Gasteiger partial charge in [-0.1, -0.05) is 0 Å². The molecule has 19 heavy (non-hydrogen) atoms. The van der Waals surface area contributed by atoms with Gasteiger partial charge in [-0.15, -0.1) is 0 Å². The van der Waals surface area contributed by atoms with Gasteiger partial charge in [0.25, 0.3) is 0 Å². The molecule has 3 N–H and O–H groups in total. The van der Waals surface area contributed by atoms with Crippen molar-refractivity contribution < 1.29 is 19.4 Å². The highest BCUT2D eigenvalue weighted by atomic mass is 16.5. The zero-order chi connectivity index (χ0) is 14.2. The van der Waals surface area contributed by atoms with Crippen LogP contribution in [0, 0.1) is 0 Å². The van der Waals surface area contributed by atoms with Crippen LogP contribution < -0.4 is 20.1 Å². The zero-order valence-corrected chi connectivity index (χ0v) is 11.3. The van der Waals surface area contributed by atoms with E-state index in [4.69, 9.17) is 15.2 Å². The second-order valence-electron chi connectivity index (χ2n) is 4.83. The van der Waals surface area contributed by atoms with E-state index in [2.05, 4.69) is 0 Å². The van der Waals surface area contributed by atoms with Gasteiger partial charge in [0, 0.05) is 26.1 Å². The highest BCUT2D eigenvalue weighted by molar-refractivity contribution is 5.83. The molecule has 0 aromatic heterocycles. The molecule has 1 aromatic rings. The average Bonchev–Trinajstić information content (AvgIpc) is 2.36. The highest BCUT2D eigenvalue weighted by Gasteiger charge is 2.41. The first-order chi connectivity index (χ1) is 8.91. The molecule has 1 unspecified atom stereocenters. The van der Waals surface area contributed by atoms with E-state index in [0.29, 0.717) is 11.5 Å². The summed E-state index contributed by atoms with van der Waals surface area (Å²) in [5.41, 5.74) is 6.36. The van der Waals surface area contributed by atoms with Gasteiger partial charge in [0.2, 0.25) is 0 Å². The predicted molar refractivity (Wildman–Crippen MR) is 71.1 cm³/mol. The van der Waals surface area contributed by atoms with Crippen molar-refractivity contribution in [3.8, 4) is 11.5 Å². The van der Waals surface area contributed by atoms with E-state index in [1.165, 1.54) is 0 Å². The van der Waals surface area contributed by atoms with Gasteiger partial charge >= 0.3 is 5.97 Å². The molecule has 1 aliphatic rings. The lowest BCUT2D eigenvalue weighted by molar-refractivity contribution is -0.143. The molecule has 0 radical (unpaired) electrons. The summed E-state index contributed by atoms with van der Waals surface area (Å²) in [6.07, 6.45) is 0.246. The number of carboxylic acids is 1. The number of hydrogen-bond donors (Lipinski definition) is 2. The van der Waals surface area contributed by atoms with Gasteiger partial charge < -0.3 is 25.2 Å².